The summed E-state index contributed by atoms with van der Waals surface area (Å²) in [5, 5.41) is 0. The highest BCUT2D eigenvalue weighted by Crippen LogP contribution is 2.15. The highest BCUT2D eigenvalue weighted by molar-refractivity contribution is 5.45. The van der Waals surface area contributed by atoms with E-state index in [1.807, 2.05) is 14.0 Å². The third kappa shape index (κ3) is 3.51. The Kier molecular flexibility index (Phi) is 4.09. The van der Waals surface area contributed by atoms with Gasteiger partial charge in [-0.3, -0.25) is 0 Å². The molecule has 1 rings (SSSR count). The van der Waals surface area contributed by atoms with Crippen molar-refractivity contribution in [2.45, 2.75) is 19.9 Å². The second-order valence-corrected chi connectivity index (χ2v) is 4.19. The van der Waals surface area contributed by atoms with E-state index in [1.54, 1.807) is 12.1 Å². The van der Waals surface area contributed by atoms with Gasteiger partial charge in [0.2, 0.25) is 0 Å². The Bertz CT molecular complexity index is 295. The summed E-state index contributed by atoms with van der Waals surface area (Å²) >= 11 is 0. The molecule has 0 fully saturated rings. The van der Waals surface area contributed by atoms with E-state index in [1.165, 1.54) is 12.1 Å². The van der Waals surface area contributed by atoms with Gasteiger partial charge in [0, 0.05) is 25.3 Å². The maximum Gasteiger partial charge on any atom is 0.123 e. The topological polar surface area (TPSA) is 29.3 Å². The molecule has 1 aromatic rings. The maximum absolute atomic E-state index is 12.7. The number of benzene rings is 1. The van der Waals surface area contributed by atoms with Gasteiger partial charge in [0.05, 0.1) is 0 Å². The van der Waals surface area contributed by atoms with Crippen molar-refractivity contribution in [3.63, 3.8) is 0 Å². The largest absolute Gasteiger partial charge is 0.374 e. The minimum Gasteiger partial charge on any atom is -0.374 e. The van der Waals surface area contributed by atoms with Crippen molar-refractivity contribution in [3.8, 4) is 0 Å². The summed E-state index contributed by atoms with van der Waals surface area (Å²) in [6.07, 6.45) is 0. The lowest BCUT2D eigenvalue weighted by molar-refractivity contribution is 0.485. The average Bonchev–Trinajstić information content (AvgIpc) is 2.18. The molecule has 2 atom stereocenters. The number of halogens is 1. The zero-order valence-electron chi connectivity index (χ0n) is 9.57. The smallest absolute Gasteiger partial charge is 0.123 e. The van der Waals surface area contributed by atoms with Crippen LogP contribution in [0.3, 0.4) is 0 Å². The van der Waals surface area contributed by atoms with Crippen molar-refractivity contribution in [1.29, 1.82) is 0 Å². The Morgan fingerprint density at radius 1 is 1.27 bits per heavy atom. The molecule has 0 saturated heterocycles. The predicted molar refractivity (Wildman–Crippen MR) is 62.5 cm³/mol. The van der Waals surface area contributed by atoms with Gasteiger partial charge in [-0.1, -0.05) is 6.92 Å². The molecule has 0 aromatic heterocycles. The summed E-state index contributed by atoms with van der Waals surface area (Å²) in [6, 6.07) is 6.69. The lowest BCUT2D eigenvalue weighted by Crippen LogP contribution is -2.34. The first kappa shape index (κ1) is 12.0. The Morgan fingerprint density at radius 2 is 1.80 bits per heavy atom. The van der Waals surface area contributed by atoms with Crippen LogP contribution in [-0.4, -0.2) is 19.6 Å². The van der Waals surface area contributed by atoms with E-state index >= 15 is 0 Å². The Morgan fingerprint density at radius 3 is 2.27 bits per heavy atom. The summed E-state index contributed by atoms with van der Waals surface area (Å²) < 4.78 is 12.7. The lowest BCUT2D eigenvalue weighted by Gasteiger charge is -2.25. The minimum atomic E-state index is -0.201. The molecular weight excluding hydrogens is 191 g/mol. The van der Waals surface area contributed by atoms with Gasteiger partial charge >= 0.3 is 0 Å². The predicted octanol–water partition coefficient (Wildman–Crippen LogP) is 2.25. The van der Waals surface area contributed by atoms with Gasteiger partial charge in [0.25, 0.3) is 0 Å². The summed E-state index contributed by atoms with van der Waals surface area (Å²) in [5.41, 5.74) is 6.82. The Hall–Kier alpha value is -1.09. The van der Waals surface area contributed by atoms with E-state index in [4.69, 9.17) is 5.73 Å². The quantitative estimate of drug-likeness (QED) is 0.825. The fraction of sp³-hybridized carbons (Fsp3) is 0.500. The van der Waals surface area contributed by atoms with E-state index in [-0.39, 0.29) is 11.9 Å². The molecule has 0 amide bonds. The molecule has 2 unspecified atom stereocenters. The van der Waals surface area contributed by atoms with Crippen molar-refractivity contribution in [3.05, 3.63) is 30.1 Å². The Balaban J connectivity index is 2.61. The van der Waals surface area contributed by atoms with Crippen molar-refractivity contribution in [1.82, 2.24) is 0 Å². The molecule has 0 radical (unpaired) electrons. The highest BCUT2D eigenvalue weighted by atomic mass is 19.1. The van der Waals surface area contributed by atoms with Gasteiger partial charge in [0.1, 0.15) is 5.82 Å². The fourth-order valence-corrected chi connectivity index (χ4v) is 1.40. The standard InChI is InChI=1S/C12H19FN2/c1-9(10(2)14)8-15(3)12-6-4-11(13)5-7-12/h4-7,9-10H,8,14H2,1-3H3. The molecule has 0 bridgehead atoms. The molecular formula is C12H19FN2. The van der Waals surface area contributed by atoms with Crippen LogP contribution >= 0.6 is 0 Å². The normalized spacial score (nSPS) is 14.7. The van der Waals surface area contributed by atoms with Crippen LogP contribution < -0.4 is 10.6 Å². The lowest BCUT2D eigenvalue weighted by atomic mass is 10.0. The van der Waals surface area contributed by atoms with Gasteiger partial charge in [0.15, 0.2) is 0 Å². The van der Waals surface area contributed by atoms with Crippen LogP contribution in [0.4, 0.5) is 10.1 Å². The zero-order valence-corrected chi connectivity index (χ0v) is 9.57. The van der Waals surface area contributed by atoms with E-state index in [0.29, 0.717) is 5.92 Å². The SMILES string of the molecule is CC(N)C(C)CN(C)c1ccc(F)cc1. The monoisotopic (exact) mass is 210 g/mol. The molecule has 84 valence electrons. The van der Waals surface area contributed by atoms with E-state index in [9.17, 15) is 4.39 Å². The van der Waals surface area contributed by atoms with Crippen LogP contribution in [0.25, 0.3) is 0 Å². The summed E-state index contributed by atoms with van der Waals surface area (Å²) in [5.74, 6) is 0.215. The number of hydrogen-bond donors (Lipinski definition) is 1. The molecule has 0 aliphatic carbocycles. The van der Waals surface area contributed by atoms with Crippen molar-refractivity contribution in [2.75, 3.05) is 18.5 Å². The molecule has 2 N–H and O–H groups in total. The highest BCUT2D eigenvalue weighted by Gasteiger charge is 2.10. The maximum atomic E-state index is 12.7. The molecule has 1 aromatic carbocycles. The van der Waals surface area contributed by atoms with Crippen molar-refractivity contribution >= 4 is 5.69 Å². The molecule has 0 heterocycles. The van der Waals surface area contributed by atoms with E-state index < -0.39 is 0 Å². The van der Waals surface area contributed by atoms with Crippen LogP contribution in [0.15, 0.2) is 24.3 Å². The first-order chi connectivity index (χ1) is 7.00. The number of nitrogens with zero attached hydrogens (tertiary/aromatic N) is 1. The van der Waals surface area contributed by atoms with Crippen LogP contribution in [0, 0.1) is 11.7 Å². The molecule has 2 nitrogen and oxygen atoms in total. The zero-order chi connectivity index (χ0) is 11.4. The van der Waals surface area contributed by atoms with E-state index in [0.717, 1.165) is 12.2 Å². The van der Waals surface area contributed by atoms with Crippen LogP contribution in [0.2, 0.25) is 0 Å². The molecule has 0 saturated carbocycles. The number of rotatable bonds is 4. The molecule has 0 spiro atoms. The van der Waals surface area contributed by atoms with Crippen LogP contribution in [0.5, 0.6) is 0 Å². The molecule has 0 aliphatic rings. The third-order valence-corrected chi connectivity index (χ3v) is 2.73. The first-order valence-electron chi connectivity index (χ1n) is 5.23. The van der Waals surface area contributed by atoms with E-state index in [2.05, 4.69) is 11.8 Å². The summed E-state index contributed by atoms with van der Waals surface area (Å²) in [6.45, 7) is 5.00. The van der Waals surface area contributed by atoms with Crippen molar-refractivity contribution < 1.29 is 4.39 Å². The second-order valence-electron chi connectivity index (χ2n) is 4.19. The van der Waals surface area contributed by atoms with Gasteiger partial charge in [-0.25, -0.2) is 4.39 Å². The third-order valence-electron chi connectivity index (χ3n) is 2.73. The fourth-order valence-electron chi connectivity index (χ4n) is 1.40. The van der Waals surface area contributed by atoms with Gasteiger partial charge < -0.3 is 10.6 Å². The number of nitrogens with two attached hydrogens (primary N) is 1. The van der Waals surface area contributed by atoms with Crippen molar-refractivity contribution in [2.24, 2.45) is 11.7 Å². The summed E-state index contributed by atoms with van der Waals surface area (Å²) in [7, 11) is 1.99. The molecule has 3 heteroatoms. The van der Waals surface area contributed by atoms with Gasteiger partial charge in [-0.15, -0.1) is 0 Å². The first-order valence-corrected chi connectivity index (χ1v) is 5.23. The minimum absolute atomic E-state index is 0.174. The second kappa shape index (κ2) is 5.12. The van der Waals surface area contributed by atoms with Gasteiger partial charge in [-0.05, 0) is 37.1 Å². The number of anilines is 1. The summed E-state index contributed by atoms with van der Waals surface area (Å²) in [4.78, 5) is 2.09. The number of hydrogen-bond acceptors (Lipinski definition) is 2. The molecule has 0 aliphatic heterocycles. The average molecular weight is 210 g/mol. The van der Waals surface area contributed by atoms with Gasteiger partial charge in [-0.2, -0.15) is 0 Å². The van der Waals surface area contributed by atoms with Crippen LogP contribution in [0.1, 0.15) is 13.8 Å². The van der Waals surface area contributed by atoms with Crippen LogP contribution in [-0.2, 0) is 0 Å². The molecule has 15 heavy (non-hydrogen) atoms. The Labute approximate surface area is 90.9 Å².